The first-order valence-electron chi connectivity index (χ1n) is 6.18. The fraction of sp³-hybridized carbons (Fsp3) is 0.308. The van der Waals surface area contributed by atoms with Crippen molar-refractivity contribution in [3.63, 3.8) is 0 Å². The zero-order valence-corrected chi connectivity index (χ0v) is 10.9. The number of hydrogen-bond acceptors (Lipinski definition) is 3. The number of hydrazone groups is 1. The molecule has 1 fully saturated rings. The van der Waals surface area contributed by atoms with Gasteiger partial charge in [-0.05, 0) is 12.1 Å². The van der Waals surface area contributed by atoms with Crippen molar-refractivity contribution in [1.82, 2.24) is 10.3 Å². The van der Waals surface area contributed by atoms with Gasteiger partial charge in [0.2, 0.25) is 0 Å². The molecule has 1 heterocycles. The molecule has 0 radical (unpaired) electrons. The number of amides is 2. The summed E-state index contributed by atoms with van der Waals surface area (Å²) in [6, 6.07) is 8.06. The highest BCUT2D eigenvalue weighted by atomic mass is 19.3. The van der Waals surface area contributed by atoms with Gasteiger partial charge in [0, 0.05) is 18.5 Å². The fourth-order valence-corrected chi connectivity index (χ4v) is 1.91. The van der Waals surface area contributed by atoms with E-state index in [1.165, 1.54) is 12.1 Å². The third-order valence-electron chi connectivity index (χ3n) is 3.03. The molecule has 0 aromatic heterocycles. The monoisotopic (exact) mass is 297 g/mol. The average molecular weight is 297 g/mol. The van der Waals surface area contributed by atoms with E-state index in [1.54, 1.807) is 18.2 Å². The third-order valence-corrected chi connectivity index (χ3v) is 3.03. The summed E-state index contributed by atoms with van der Waals surface area (Å²) in [7, 11) is 0. The quantitative estimate of drug-likeness (QED) is 0.816. The Morgan fingerprint density at radius 3 is 2.52 bits per heavy atom. The highest BCUT2D eigenvalue weighted by molar-refractivity contribution is 5.97. The SMILES string of the molecule is O=C(NN=C1CCN(C(=O)O)CC1(F)F)c1ccccc1. The fourth-order valence-electron chi connectivity index (χ4n) is 1.91. The molecular weight excluding hydrogens is 284 g/mol. The predicted molar refractivity (Wildman–Crippen MR) is 70.5 cm³/mol. The Morgan fingerprint density at radius 2 is 1.95 bits per heavy atom. The van der Waals surface area contributed by atoms with Gasteiger partial charge < -0.3 is 10.0 Å². The summed E-state index contributed by atoms with van der Waals surface area (Å²) in [6.07, 6.45) is -1.63. The number of nitrogens with one attached hydrogen (secondary N) is 1. The second-order valence-electron chi connectivity index (χ2n) is 4.52. The Labute approximate surface area is 119 Å². The Hall–Kier alpha value is -2.51. The van der Waals surface area contributed by atoms with Crippen LogP contribution in [-0.2, 0) is 0 Å². The van der Waals surface area contributed by atoms with Gasteiger partial charge in [-0.15, -0.1) is 0 Å². The lowest BCUT2D eigenvalue weighted by Gasteiger charge is -2.31. The lowest BCUT2D eigenvalue weighted by atomic mass is 10.1. The molecule has 8 heteroatoms. The molecule has 0 bridgehead atoms. The highest BCUT2D eigenvalue weighted by Crippen LogP contribution is 2.24. The van der Waals surface area contributed by atoms with Gasteiger partial charge in [-0.25, -0.2) is 10.2 Å². The molecule has 1 aliphatic rings. The van der Waals surface area contributed by atoms with Crippen molar-refractivity contribution in [3.05, 3.63) is 35.9 Å². The molecule has 0 atom stereocenters. The number of carbonyl (C=O) groups is 2. The Bertz CT molecular complexity index is 575. The van der Waals surface area contributed by atoms with E-state index in [0.29, 0.717) is 10.5 Å². The number of hydrogen-bond donors (Lipinski definition) is 2. The van der Waals surface area contributed by atoms with Crippen LogP contribution in [0.2, 0.25) is 0 Å². The number of halogens is 2. The number of likely N-dealkylation sites (tertiary alicyclic amines) is 1. The molecule has 2 rings (SSSR count). The van der Waals surface area contributed by atoms with Crippen molar-refractivity contribution in [2.24, 2.45) is 5.10 Å². The Balaban J connectivity index is 2.05. The second kappa shape index (κ2) is 5.86. The molecule has 112 valence electrons. The summed E-state index contributed by atoms with van der Waals surface area (Å²) in [5, 5.41) is 12.2. The van der Waals surface area contributed by atoms with Crippen molar-refractivity contribution in [2.45, 2.75) is 12.3 Å². The van der Waals surface area contributed by atoms with Crippen molar-refractivity contribution >= 4 is 17.7 Å². The van der Waals surface area contributed by atoms with E-state index in [2.05, 4.69) is 10.5 Å². The van der Waals surface area contributed by atoms with Crippen LogP contribution in [0.15, 0.2) is 35.4 Å². The maximum atomic E-state index is 13.7. The number of piperidine rings is 1. The first-order valence-corrected chi connectivity index (χ1v) is 6.18. The van der Waals surface area contributed by atoms with Crippen LogP contribution in [0.25, 0.3) is 0 Å². The van der Waals surface area contributed by atoms with Crippen LogP contribution in [0.5, 0.6) is 0 Å². The zero-order valence-electron chi connectivity index (χ0n) is 10.9. The molecule has 0 spiro atoms. The van der Waals surface area contributed by atoms with Gasteiger partial charge in [-0.1, -0.05) is 18.2 Å². The molecule has 1 aliphatic heterocycles. The lowest BCUT2D eigenvalue weighted by molar-refractivity contribution is 0.0196. The van der Waals surface area contributed by atoms with Gasteiger partial charge in [-0.2, -0.15) is 13.9 Å². The smallest absolute Gasteiger partial charge is 0.407 e. The molecule has 1 aromatic carbocycles. The lowest BCUT2D eigenvalue weighted by Crippen LogP contribution is -2.51. The summed E-state index contributed by atoms with van der Waals surface area (Å²) in [6.45, 7) is -1.03. The Kier molecular flexibility index (Phi) is 4.15. The van der Waals surface area contributed by atoms with E-state index in [-0.39, 0.29) is 13.0 Å². The van der Waals surface area contributed by atoms with E-state index >= 15 is 0 Å². The van der Waals surface area contributed by atoms with Crippen molar-refractivity contribution in [3.8, 4) is 0 Å². The first-order chi connectivity index (χ1) is 9.90. The van der Waals surface area contributed by atoms with E-state index < -0.39 is 30.2 Å². The minimum atomic E-state index is -3.39. The Morgan fingerprint density at radius 1 is 1.29 bits per heavy atom. The number of carbonyl (C=O) groups excluding carboxylic acids is 1. The van der Waals surface area contributed by atoms with Crippen LogP contribution in [0.4, 0.5) is 13.6 Å². The number of alkyl halides is 2. The van der Waals surface area contributed by atoms with E-state index in [4.69, 9.17) is 5.11 Å². The largest absolute Gasteiger partial charge is 0.465 e. The second-order valence-corrected chi connectivity index (χ2v) is 4.52. The minimum Gasteiger partial charge on any atom is -0.465 e. The predicted octanol–water partition coefficient (Wildman–Crippen LogP) is 1.79. The molecule has 2 N–H and O–H groups in total. The van der Waals surface area contributed by atoms with Crippen LogP contribution in [0.1, 0.15) is 16.8 Å². The van der Waals surface area contributed by atoms with Crippen LogP contribution in [0.3, 0.4) is 0 Å². The summed E-state index contributed by atoms with van der Waals surface area (Å²) in [5.41, 5.74) is 1.85. The van der Waals surface area contributed by atoms with Crippen LogP contribution < -0.4 is 5.43 Å². The van der Waals surface area contributed by atoms with Gasteiger partial charge in [0.05, 0.1) is 6.54 Å². The standard InChI is InChI=1S/C13H13F2N3O3/c14-13(15)8-18(12(20)21)7-6-10(13)16-17-11(19)9-4-2-1-3-5-9/h1-5H,6-8H2,(H,17,19)(H,20,21). The van der Waals surface area contributed by atoms with E-state index in [9.17, 15) is 18.4 Å². The summed E-state index contributed by atoms with van der Waals surface area (Å²) < 4.78 is 27.5. The van der Waals surface area contributed by atoms with Crippen LogP contribution in [0, 0.1) is 0 Å². The van der Waals surface area contributed by atoms with Crippen LogP contribution >= 0.6 is 0 Å². The molecule has 1 saturated heterocycles. The van der Waals surface area contributed by atoms with Gasteiger partial charge in [-0.3, -0.25) is 4.79 Å². The molecule has 0 saturated carbocycles. The topological polar surface area (TPSA) is 82.0 Å². The van der Waals surface area contributed by atoms with Crippen molar-refractivity contribution in [2.75, 3.05) is 13.1 Å². The van der Waals surface area contributed by atoms with Crippen molar-refractivity contribution in [1.29, 1.82) is 0 Å². The molecule has 0 aliphatic carbocycles. The number of benzene rings is 1. The van der Waals surface area contributed by atoms with Crippen LogP contribution in [-0.4, -0.2) is 46.7 Å². The molecule has 21 heavy (non-hydrogen) atoms. The maximum Gasteiger partial charge on any atom is 0.407 e. The third kappa shape index (κ3) is 3.53. The number of nitrogens with zero attached hydrogens (tertiary/aromatic N) is 2. The molecule has 6 nitrogen and oxygen atoms in total. The minimum absolute atomic E-state index is 0.0784. The van der Waals surface area contributed by atoms with Gasteiger partial charge in [0.15, 0.2) is 0 Å². The van der Waals surface area contributed by atoms with E-state index in [0.717, 1.165) is 0 Å². The first kappa shape index (κ1) is 14.9. The van der Waals surface area contributed by atoms with Gasteiger partial charge >= 0.3 is 12.0 Å². The summed E-state index contributed by atoms with van der Waals surface area (Å²) in [5.74, 6) is -3.99. The van der Waals surface area contributed by atoms with Gasteiger partial charge in [0.1, 0.15) is 5.71 Å². The summed E-state index contributed by atoms with van der Waals surface area (Å²) >= 11 is 0. The zero-order chi connectivity index (χ0) is 15.5. The normalized spacial score (nSPS) is 19.3. The molecule has 1 aromatic rings. The molecule has 0 unspecified atom stereocenters. The number of rotatable bonds is 2. The average Bonchev–Trinajstić information content (AvgIpc) is 2.45. The molecular formula is C13H13F2N3O3. The molecule has 2 amide bonds. The summed E-state index contributed by atoms with van der Waals surface area (Å²) in [4.78, 5) is 23.0. The van der Waals surface area contributed by atoms with E-state index in [1.807, 2.05) is 0 Å². The van der Waals surface area contributed by atoms with Gasteiger partial charge in [0.25, 0.3) is 5.91 Å². The maximum absolute atomic E-state index is 13.7. The van der Waals surface area contributed by atoms with Crippen molar-refractivity contribution < 1.29 is 23.5 Å². The highest BCUT2D eigenvalue weighted by Gasteiger charge is 2.43. The number of carboxylic acid groups (broad SMARTS) is 1.